The molecule has 1 aromatic rings. The first kappa shape index (κ1) is 15.5. The van der Waals surface area contributed by atoms with Crippen LogP contribution in [0.5, 0.6) is 5.75 Å². The molecule has 0 spiro atoms. The normalized spacial score (nSPS) is 11.1. The van der Waals surface area contributed by atoms with Crippen molar-refractivity contribution in [2.45, 2.75) is 13.3 Å². The minimum absolute atomic E-state index is 0.378. The zero-order valence-electron chi connectivity index (χ0n) is 11.9. The summed E-state index contributed by atoms with van der Waals surface area (Å²) >= 11 is 0. The molecule has 4 nitrogen and oxygen atoms in total. The first-order chi connectivity index (χ1) is 9.62. The monoisotopic (exact) mass is 271 g/mol. The van der Waals surface area contributed by atoms with Gasteiger partial charge in [0.25, 0.3) is 0 Å². The molecule has 4 heteroatoms. The maximum absolute atomic E-state index is 11.8. The highest BCUT2D eigenvalue weighted by atomic mass is 16.5. The number of carbonyl (C=O) groups excluding carboxylic acids is 1. The third-order valence-corrected chi connectivity index (χ3v) is 2.94. The predicted molar refractivity (Wildman–Crippen MR) is 77.1 cm³/mol. The third kappa shape index (κ3) is 3.07. The second-order valence-electron chi connectivity index (χ2n) is 3.97. The Balaban J connectivity index is 3.59. The summed E-state index contributed by atoms with van der Waals surface area (Å²) in [6.45, 7) is 5.57. The number of carbonyl (C=O) groups is 1. The van der Waals surface area contributed by atoms with Crippen molar-refractivity contribution in [1.29, 1.82) is 5.26 Å². The highest BCUT2D eigenvalue weighted by Gasteiger charge is 2.17. The van der Waals surface area contributed by atoms with Gasteiger partial charge in [-0.1, -0.05) is 19.6 Å². The molecule has 0 saturated carbocycles. The molecule has 0 atom stereocenters. The number of allylic oxidation sites excluding steroid dienone is 1. The van der Waals surface area contributed by atoms with Gasteiger partial charge in [0.2, 0.25) is 0 Å². The summed E-state index contributed by atoms with van der Waals surface area (Å²) in [5, 5.41) is 9.01. The van der Waals surface area contributed by atoms with Gasteiger partial charge in [-0.05, 0) is 30.2 Å². The Morgan fingerprint density at radius 1 is 1.45 bits per heavy atom. The number of esters is 1. The van der Waals surface area contributed by atoms with Crippen molar-refractivity contribution in [1.82, 2.24) is 0 Å². The maximum Gasteiger partial charge on any atom is 0.338 e. The lowest BCUT2D eigenvalue weighted by molar-refractivity contribution is -0.135. The van der Waals surface area contributed by atoms with E-state index in [2.05, 4.69) is 12.6 Å². The number of rotatable bonds is 5. The Hall–Kier alpha value is -2.54. The number of benzene rings is 1. The summed E-state index contributed by atoms with van der Waals surface area (Å²) in [4.78, 5) is 11.8. The minimum atomic E-state index is -0.457. The van der Waals surface area contributed by atoms with Gasteiger partial charge in [-0.15, -0.1) is 0 Å². The van der Waals surface area contributed by atoms with Crippen LogP contribution in [0.25, 0.3) is 5.57 Å². The number of hydrogen-bond donors (Lipinski definition) is 0. The Kier molecular flexibility index (Phi) is 5.55. The summed E-state index contributed by atoms with van der Waals surface area (Å²) in [7, 11) is 2.87. The van der Waals surface area contributed by atoms with E-state index in [4.69, 9.17) is 14.7 Å². The molecule has 0 N–H and O–H groups in total. The lowest BCUT2D eigenvalue weighted by Crippen LogP contribution is -2.06. The Morgan fingerprint density at radius 2 is 2.15 bits per heavy atom. The summed E-state index contributed by atoms with van der Waals surface area (Å²) in [5.41, 5.74) is 2.32. The Labute approximate surface area is 118 Å². The first-order valence-electron chi connectivity index (χ1n) is 6.15. The SMILES string of the molecule is C=C/C(C(=O)OC)=C(\CC)c1cc(C#N)ccc1OC. The van der Waals surface area contributed by atoms with E-state index >= 15 is 0 Å². The summed E-state index contributed by atoms with van der Waals surface area (Å²) in [6.07, 6.45) is 2.05. The van der Waals surface area contributed by atoms with Crippen LogP contribution in [0.15, 0.2) is 36.4 Å². The number of hydrogen-bond acceptors (Lipinski definition) is 4. The molecule has 1 aromatic carbocycles. The lowest BCUT2D eigenvalue weighted by atomic mass is 9.95. The molecular weight excluding hydrogens is 254 g/mol. The average Bonchev–Trinajstić information content (AvgIpc) is 2.51. The number of ether oxygens (including phenoxy) is 2. The molecule has 0 bridgehead atoms. The van der Waals surface area contributed by atoms with Crippen LogP contribution >= 0.6 is 0 Å². The lowest BCUT2D eigenvalue weighted by Gasteiger charge is -2.14. The van der Waals surface area contributed by atoms with Crippen molar-refractivity contribution >= 4 is 11.5 Å². The zero-order valence-corrected chi connectivity index (χ0v) is 11.9. The molecular formula is C16H17NO3. The van der Waals surface area contributed by atoms with Gasteiger partial charge in [0.15, 0.2) is 0 Å². The summed E-state index contributed by atoms with van der Waals surface area (Å²) < 4.78 is 10.1. The van der Waals surface area contributed by atoms with Crippen LogP contribution in [0, 0.1) is 11.3 Å². The first-order valence-corrected chi connectivity index (χ1v) is 6.15. The summed E-state index contributed by atoms with van der Waals surface area (Å²) in [5.74, 6) is 0.144. The second kappa shape index (κ2) is 7.15. The fourth-order valence-electron chi connectivity index (χ4n) is 1.98. The topological polar surface area (TPSA) is 59.3 Å². The predicted octanol–water partition coefficient (Wildman–Crippen LogP) is 3.09. The van der Waals surface area contributed by atoms with Crippen LogP contribution < -0.4 is 4.74 Å². The molecule has 0 amide bonds. The molecule has 20 heavy (non-hydrogen) atoms. The van der Waals surface area contributed by atoms with Crippen molar-refractivity contribution in [3.05, 3.63) is 47.6 Å². The van der Waals surface area contributed by atoms with E-state index in [0.717, 1.165) is 5.57 Å². The van der Waals surface area contributed by atoms with Gasteiger partial charge in [-0.3, -0.25) is 0 Å². The van der Waals surface area contributed by atoms with E-state index < -0.39 is 5.97 Å². The number of methoxy groups -OCH3 is 2. The molecule has 0 saturated heterocycles. The molecule has 0 fully saturated rings. The van der Waals surface area contributed by atoms with Crippen LogP contribution in [0.2, 0.25) is 0 Å². The van der Waals surface area contributed by atoms with Crippen LogP contribution in [0.1, 0.15) is 24.5 Å². The summed E-state index contributed by atoms with van der Waals surface area (Å²) in [6, 6.07) is 7.15. The zero-order chi connectivity index (χ0) is 15.1. The number of nitriles is 1. The molecule has 1 rings (SSSR count). The van der Waals surface area contributed by atoms with E-state index in [1.807, 2.05) is 6.92 Å². The van der Waals surface area contributed by atoms with Crippen LogP contribution in [0.3, 0.4) is 0 Å². The van der Waals surface area contributed by atoms with Crippen molar-refractivity contribution in [3.63, 3.8) is 0 Å². The van der Waals surface area contributed by atoms with Crippen LogP contribution in [-0.4, -0.2) is 20.2 Å². The van der Waals surface area contributed by atoms with Gasteiger partial charge >= 0.3 is 5.97 Å². The fraction of sp³-hybridized carbons (Fsp3) is 0.250. The van der Waals surface area contributed by atoms with Gasteiger partial charge < -0.3 is 9.47 Å². The van der Waals surface area contributed by atoms with Crippen molar-refractivity contribution in [2.75, 3.05) is 14.2 Å². The Bertz CT molecular complexity index is 594. The van der Waals surface area contributed by atoms with Gasteiger partial charge in [0.05, 0.1) is 31.4 Å². The molecule has 0 aliphatic carbocycles. The highest BCUT2D eigenvalue weighted by Crippen LogP contribution is 2.32. The number of nitrogens with zero attached hydrogens (tertiary/aromatic N) is 1. The van der Waals surface area contributed by atoms with E-state index in [1.54, 1.807) is 25.3 Å². The molecule has 0 aromatic heterocycles. The third-order valence-electron chi connectivity index (χ3n) is 2.94. The van der Waals surface area contributed by atoms with E-state index in [0.29, 0.717) is 28.9 Å². The quantitative estimate of drug-likeness (QED) is 0.469. The molecule has 0 unspecified atom stereocenters. The van der Waals surface area contributed by atoms with Gasteiger partial charge in [0.1, 0.15) is 5.75 Å². The van der Waals surface area contributed by atoms with Crippen LogP contribution in [-0.2, 0) is 9.53 Å². The van der Waals surface area contributed by atoms with Gasteiger partial charge in [-0.25, -0.2) is 4.79 Å². The van der Waals surface area contributed by atoms with Gasteiger partial charge in [-0.2, -0.15) is 5.26 Å². The molecule has 104 valence electrons. The van der Waals surface area contributed by atoms with Gasteiger partial charge in [0, 0.05) is 5.56 Å². The fourth-order valence-corrected chi connectivity index (χ4v) is 1.98. The minimum Gasteiger partial charge on any atom is -0.496 e. The Morgan fingerprint density at radius 3 is 2.60 bits per heavy atom. The largest absolute Gasteiger partial charge is 0.496 e. The highest BCUT2D eigenvalue weighted by molar-refractivity contribution is 6.01. The smallest absolute Gasteiger partial charge is 0.338 e. The maximum atomic E-state index is 11.8. The molecule has 0 heterocycles. The van der Waals surface area contributed by atoms with E-state index in [1.165, 1.54) is 13.2 Å². The standard InChI is InChI=1S/C16H17NO3/c1-5-12(13(6-2)16(18)20-4)14-9-11(10-17)7-8-15(14)19-3/h6-9H,2,5H2,1,3-4H3/b13-12-. The van der Waals surface area contributed by atoms with Crippen LogP contribution in [0.4, 0.5) is 0 Å². The van der Waals surface area contributed by atoms with E-state index in [9.17, 15) is 4.79 Å². The average molecular weight is 271 g/mol. The van der Waals surface area contributed by atoms with Crippen molar-refractivity contribution < 1.29 is 14.3 Å². The molecule has 0 aliphatic rings. The van der Waals surface area contributed by atoms with Crippen molar-refractivity contribution in [2.24, 2.45) is 0 Å². The second-order valence-corrected chi connectivity index (χ2v) is 3.97. The molecule has 0 radical (unpaired) electrons. The van der Waals surface area contributed by atoms with Crippen molar-refractivity contribution in [3.8, 4) is 11.8 Å². The van der Waals surface area contributed by atoms with E-state index in [-0.39, 0.29) is 0 Å². The molecule has 0 aliphatic heterocycles.